The molecular formula is C51H50F3N13O5. The highest BCUT2D eigenvalue weighted by Crippen LogP contribution is 2.30. The molecule has 0 bridgehead atoms. The second-order valence-electron chi connectivity index (χ2n) is 15.6. The molecule has 72 heavy (non-hydrogen) atoms. The summed E-state index contributed by atoms with van der Waals surface area (Å²) in [5.41, 5.74) is 19.2. The Labute approximate surface area is 409 Å². The van der Waals surface area contributed by atoms with Crippen LogP contribution < -0.4 is 43.7 Å². The number of alkyl halides is 3. The number of ether oxygens (including phenoxy) is 1. The fourth-order valence-electron chi connectivity index (χ4n) is 7.80. The first-order valence-corrected chi connectivity index (χ1v) is 22.6. The van der Waals surface area contributed by atoms with Crippen molar-refractivity contribution in [1.29, 1.82) is 0 Å². The molecular weight excluding hydrogens is 932 g/mol. The minimum absolute atomic E-state index is 0.00573. The SMILES string of the molecule is CC.CCc1nc2ccccc2c(=O)n1-c1ccccc1.C[C@H](NC(=O)c1c(N)nn2c1NCC=C2)c1cc2cccc(OCC(F)(F)F)c2c(=O)n1-c1ccccc1.NC(=O)c1c(N)nn2cccnc12. The molecule has 0 saturated carbocycles. The lowest BCUT2D eigenvalue weighted by atomic mass is 10.1. The molecule has 0 unspecified atom stereocenters. The summed E-state index contributed by atoms with van der Waals surface area (Å²) in [5, 5.41) is 15.0. The van der Waals surface area contributed by atoms with Crippen molar-refractivity contribution in [3.05, 3.63) is 177 Å². The second-order valence-corrected chi connectivity index (χ2v) is 15.6. The maximum Gasteiger partial charge on any atom is 0.422 e. The summed E-state index contributed by atoms with van der Waals surface area (Å²) in [4.78, 5) is 59.2. The van der Waals surface area contributed by atoms with Gasteiger partial charge in [-0.3, -0.25) is 28.3 Å². The standard InChI is InChI=1S/C26H23F3N6O3.C16H14N2O.C7H7N5O.C2H6/c1-15(32-24(36)21-22(30)33-34-12-6-11-31-23(21)34)18-13-16-7-5-10-19(38-14-26(27,28)29)20(16)25(37)35(18)17-8-3-2-4-9-17;1-2-15-17-14-11-7-6-10-13(14)16(19)18(15)12-8-4-3-5-9-12;8-5-4(6(9)13)7-10-2-1-3-12(7)11-5;1-2/h2-10,12-13,15,31H,11,14H2,1H3,(H2,30,33)(H,32,36);3-11H,2H2,1H3;1-3H,(H2,8,11)(H2,9,13);1-2H3/t15-;;;/m0.../s1. The fourth-order valence-corrected chi connectivity index (χ4v) is 7.80. The van der Waals surface area contributed by atoms with E-state index in [1.54, 1.807) is 78.6 Å². The lowest BCUT2D eigenvalue weighted by molar-refractivity contribution is -0.153. The van der Waals surface area contributed by atoms with E-state index in [1.807, 2.05) is 81.4 Å². The van der Waals surface area contributed by atoms with E-state index in [2.05, 4.69) is 30.8 Å². The minimum Gasteiger partial charge on any atom is -0.483 e. The van der Waals surface area contributed by atoms with Gasteiger partial charge in [-0.15, -0.1) is 10.2 Å². The van der Waals surface area contributed by atoms with Gasteiger partial charge in [0.2, 0.25) is 0 Å². The first-order chi connectivity index (χ1) is 34.6. The number of rotatable bonds is 9. The Bertz CT molecular complexity index is 3550. The van der Waals surface area contributed by atoms with Crippen molar-refractivity contribution >= 4 is 62.8 Å². The van der Waals surface area contributed by atoms with Gasteiger partial charge in [-0.1, -0.05) is 81.4 Å². The fraction of sp³-hybridized carbons (Fsp3) is 0.176. The van der Waals surface area contributed by atoms with Gasteiger partial charge in [0.15, 0.2) is 23.9 Å². The van der Waals surface area contributed by atoms with E-state index in [1.165, 1.54) is 25.9 Å². The van der Waals surface area contributed by atoms with Crippen LogP contribution in [0.1, 0.15) is 66.0 Å². The number of amides is 2. The minimum atomic E-state index is -4.57. The molecule has 6 heterocycles. The van der Waals surface area contributed by atoms with Crippen LogP contribution in [0.4, 0.5) is 30.6 Å². The third kappa shape index (κ3) is 10.8. The molecule has 18 nitrogen and oxygen atoms in total. The van der Waals surface area contributed by atoms with Crippen molar-refractivity contribution in [2.45, 2.75) is 46.3 Å². The van der Waals surface area contributed by atoms with Gasteiger partial charge in [-0.05, 0) is 73.0 Å². The number of aryl methyl sites for hydroxylation is 1. The molecule has 1 aliphatic heterocycles. The number of nitrogens with one attached hydrogen (secondary N) is 2. The smallest absolute Gasteiger partial charge is 0.422 e. The quantitative estimate of drug-likeness (QED) is 0.0944. The zero-order chi connectivity index (χ0) is 51.7. The van der Waals surface area contributed by atoms with Crippen LogP contribution in [0.5, 0.6) is 5.75 Å². The Balaban J connectivity index is 0.000000184. The van der Waals surface area contributed by atoms with E-state index >= 15 is 0 Å². The number of nitrogens with two attached hydrogens (primary N) is 3. The number of nitrogens with zero attached hydrogens (tertiary/aromatic N) is 8. The van der Waals surface area contributed by atoms with Crippen LogP contribution in [-0.2, 0) is 6.42 Å². The van der Waals surface area contributed by atoms with Gasteiger partial charge in [-0.25, -0.2) is 19.2 Å². The molecule has 9 aromatic rings. The molecule has 4 aromatic carbocycles. The summed E-state index contributed by atoms with van der Waals surface area (Å²) < 4.78 is 49.5. The van der Waals surface area contributed by atoms with E-state index < -0.39 is 36.2 Å². The molecule has 2 amide bonds. The molecule has 0 radical (unpaired) electrons. The van der Waals surface area contributed by atoms with Crippen molar-refractivity contribution in [2.24, 2.45) is 5.73 Å². The average Bonchev–Trinajstić information content (AvgIpc) is 3.91. The highest BCUT2D eigenvalue weighted by atomic mass is 19.4. The monoisotopic (exact) mass is 981 g/mol. The van der Waals surface area contributed by atoms with Crippen molar-refractivity contribution in [3.8, 4) is 17.1 Å². The predicted molar refractivity (Wildman–Crippen MR) is 271 cm³/mol. The van der Waals surface area contributed by atoms with E-state index in [0.29, 0.717) is 40.2 Å². The molecule has 0 spiro atoms. The number of primary amides is 1. The summed E-state index contributed by atoms with van der Waals surface area (Å²) in [6.07, 6.45) is 2.85. The molecule has 21 heteroatoms. The molecule has 5 aromatic heterocycles. The molecule has 10 rings (SSSR count). The molecule has 0 aliphatic carbocycles. The topological polar surface area (TPSA) is 250 Å². The van der Waals surface area contributed by atoms with Crippen LogP contribution in [0.2, 0.25) is 0 Å². The zero-order valence-corrected chi connectivity index (χ0v) is 39.5. The Morgan fingerprint density at radius 3 is 2.15 bits per heavy atom. The number of nitrogen functional groups attached to an aromatic ring is 2. The molecule has 8 N–H and O–H groups in total. The van der Waals surface area contributed by atoms with Crippen LogP contribution in [0.25, 0.3) is 44.9 Å². The predicted octanol–water partition coefficient (Wildman–Crippen LogP) is 7.48. The van der Waals surface area contributed by atoms with Crippen LogP contribution in [0.3, 0.4) is 0 Å². The number of hydrogen-bond acceptors (Lipinski definition) is 12. The van der Waals surface area contributed by atoms with Gasteiger partial charge in [0.05, 0.1) is 28.0 Å². The lowest BCUT2D eigenvalue weighted by Crippen LogP contribution is -2.33. The molecule has 1 aliphatic rings. The molecule has 0 fully saturated rings. The zero-order valence-electron chi connectivity index (χ0n) is 39.5. The maximum atomic E-state index is 13.8. The van der Waals surface area contributed by atoms with E-state index in [4.69, 9.17) is 21.9 Å². The Morgan fingerprint density at radius 1 is 0.833 bits per heavy atom. The van der Waals surface area contributed by atoms with E-state index in [-0.39, 0.29) is 39.5 Å². The average molecular weight is 982 g/mol. The van der Waals surface area contributed by atoms with Crippen molar-refractivity contribution in [2.75, 3.05) is 29.9 Å². The molecule has 0 saturated heterocycles. The highest BCUT2D eigenvalue weighted by Gasteiger charge is 2.30. The molecule has 370 valence electrons. The third-order valence-corrected chi connectivity index (χ3v) is 10.9. The van der Waals surface area contributed by atoms with Gasteiger partial charge in [0.25, 0.3) is 22.9 Å². The van der Waals surface area contributed by atoms with Gasteiger partial charge in [0.1, 0.15) is 28.5 Å². The number of hydrogen-bond donors (Lipinski definition) is 5. The number of halogens is 3. The number of para-hydroxylation sites is 3. The van der Waals surface area contributed by atoms with Crippen LogP contribution in [0.15, 0.2) is 143 Å². The Morgan fingerprint density at radius 2 is 1.49 bits per heavy atom. The summed E-state index contributed by atoms with van der Waals surface area (Å²) in [5.74, 6) is 0.0613. The summed E-state index contributed by atoms with van der Waals surface area (Å²) >= 11 is 0. The van der Waals surface area contributed by atoms with E-state index in [0.717, 1.165) is 23.4 Å². The first-order valence-electron chi connectivity index (χ1n) is 22.6. The first kappa shape index (κ1) is 50.6. The lowest BCUT2D eigenvalue weighted by Gasteiger charge is -2.22. The maximum absolute atomic E-state index is 13.8. The van der Waals surface area contributed by atoms with Crippen molar-refractivity contribution in [3.63, 3.8) is 0 Å². The number of carbonyl (C=O) groups excluding carboxylic acids is 2. The largest absolute Gasteiger partial charge is 0.483 e. The van der Waals surface area contributed by atoms with Crippen molar-refractivity contribution in [1.82, 2.24) is 43.8 Å². The molecule has 1 atom stereocenters. The van der Waals surface area contributed by atoms with Gasteiger partial charge in [-0.2, -0.15) is 13.2 Å². The third-order valence-electron chi connectivity index (χ3n) is 10.9. The number of carbonyl (C=O) groups is 2. The van der Waals surface area contributed by atoms with Gasteiger partial charge >= 0.3 is 6.18 Å². The van der Waals surface area contributed by atoms with Crippen LogP contribution in [0, 0.1) is 0 Å². The summed E-state index contributed by atoms with van der Waals surface area (Å²) in [7, 11) is 0. The van der Waals surface area contributed by atoms with Gasteiger partial charge < -0.3 is 32.6 Å². The number of benzene rings is 4. The Hall–Kier alpha value is -9.27. The number of pyridine rings is 1. The number of aromatic nitrogens is 8. The van der Waals surface area contributed by atoms with E-state index in [9.17, 15) is 32.3 Å². The second kappa shape index (κ2) is 22.0. The number of fused-ring (bicyclic) bond motifs is 4. The van der Waals surface area contributed by atoms with Crippen molar-refractivity contribution < 1.29 is 27.5 Å². The van der Waals surface area contributed by atoms with Crippen LogP contribution in [-0.4, -0.2) is 69.6 Å². The Kier molecular flexibility index (Phi) is 15.5. The normalized spacial score (nSPS) is 12.0. The summed E-state index contributed by atoms with van der Waals surface area (Å²) in [6.45, 7) is 6.67. The highest BCUT2D eigenvalue weighted by molar-refractivity contribution is 6.04. The van der Waals surface area contributed by atoms with Gasteiger partial charge in [0, 0.05) is 42.9 Å². The summed E-state index contributed by atoms with van der Waals surface area (Å²) in [6, 6.07) is 32.8. The number of anilines is 3. The van der Waals surface area contributed by atoms with Crippen LogP contribution >= 0.6 is 0 Å².